The molecule has 1 fully saturated rings. The molecule has 13 heteroatoms. The molecular weight excluding hydrogens is 438 g/mol. The molecule has 0 saturated carbocycles. The van der Waals surface area contributed by atoms with Gasteiger partial charge in [0, 0.05) is 6.54 Å². The van der Waals surface area contributed by atoms with Gasteiger partial charge in [-0.1, -0.05) is 13.8 Å². The molecule has 8 N–H and O–H groups in total. The van der Waals surface area contributed by atoms with Crippen LogP contribution in [-0.4, -0.2) is 99.3 Å². The van der Waals surface area contributed by atoms with Gasteiger partial charge in [0.15, 0.2) is 0 Å². The van der Waals surface area contributed by atoms with E-state index in [9.17, 15) is 29.1 Å². The number of hydrogen-bond acceptors (Lipinski definition) is 8. The molecule has 1 aliphatic rings. The lowest BCUT2D eigenvalue weighted by atomic mass is 10.0. The van der Waals surface area contributed by atoms with Gasteiger partial charge < -0.3 is 41.9 Å². The molecular formula is C20H35N5O8. The maximum absolute atomic E-state index is 12.9. The minimum atomic E-state index is -1.49. The minimum absolute atomic E-state index is 0.238. The summed E-state index contributed by atoms with van der Waals surface area (Å²) in [4.78, 5) is 62.6. The molecule has 4 amide bonds. The first kappa shape index (κ1) is 28.3. The number of carboxylic acids is 1. The van der Waals surface area contributed by atoms with Crippen LogP contribution in [0.3, 0.4) is 0 Å². The zero-order chi connectivity index (χ0) is 25.5. The Morgan fingerprint density at radius 3 is 2.12 bits per heavy atom. The standard InChI is InChI=1S/C20H35N5O8/c1-9(2)15(24-17(29)14(21)11(4)27)18(30)22-10(3)19(31)25-7-5-6-13(25)16(28)23-12(8-26)20(32)33/h9-15,26-27H,5-8,21H2,1-4H3,(H,22,30)(H,23,28)(H,24,29)(H,32,33)/t10-,11+,12-,13-,14-,15-/m0/s1. The number of hydrogen-bond donors (Lipinski definition) is 7. The molecule has 0 unspecified atom stereocenters. The van der Waals surface area contributed by atoms with Crippen molar-refractivity contribution in [3.8, 4) is 0 Å². The fourth-order valence-corrected chi connectivity index (χ4v) is 3.37. The summed E-state index contributed by atoms with van der Waals surface area (Å²) in [5, 5.41) is 34.8. The monoisotopic (exact) mass is 473 g/mol. The highest BCUT2D eigenvalue weighted by atomic mass is 16.4. The second kappa shape index (κ2) is 12.5. The summed E-state index contributed by atoms with van der Waals surface area (Å²) in [6.45, 7) is 5.59. The van der Waals surface area contributed by atoms with E-state index < -0.39 is 72.5 Å². The first-order chi connectivity index (χ1) is 15.3. The Morgan fingerprint density at radius 2 is 1.64 bits per heavy atom. The Balaban J connectivity index is 2.83. The first-order valence-corrected chi connectivity index (χ1v) is 10.8. The van der Waals surface area contributed by atoms with Gasteiger partial charge in [0.2, 0.25) is 23.6 Å². The molecule has 188 valence electrons. The predicted molar refractivity (Wildman–Crippen MR) is 115 cm³/mol. The quantitative estimate of drug-likeness (QED) is 0.162. The van der Waals surface area contributed by atoms with Crippen molar-refractivity contribution in [2.24, 2.45) is 11.7 Å². The number of aliphatic hydroxyl groups is 2. The Labute approximate surface area is 192 Å². The van der Waals surface area contributed by atoms with Gasteiger partial charge in [-0.05, 0) is 32.6 Å². The molecule has 1 heterocycles. The van der Waals surface area contributed by atoms with Gasteiger partial charge in [-0.2, -0.15) is 0 Å². The number of aliphatic carboxylic acids is 1. The Hall–Kier alpha value is -2.77. The zero-order valence-electron chi connectivity index (χ0n) is 19.3. The number of carboxylic acid groups (broad SMARTS) is 1. The van der Waals surface area contributed by atoms with Gasteiger partial charge in [0.1, 0.15) is 30.2 Å². The summed E-state index contributed by atoms with van der Waals surface area (Å²) in [5.41, 5.74) is 5.60. The van der Waals surface area contributed by atoms with Crippen molar-refractivity contribution in [1.29, 1.82) is 0 Å². The fourth-order valence-electron chi connectivity index (χ4n) is 3.37. The lowest BCUT2D eigenvalue weighted by molar-refractivity contribution is -0.145. The lowest BCUT2D eigenvalue weighted by Crippen LogP contribution is -2.59. The van der Waals surface area contributed by atoms with Crippen LogP contribution in [-0.2, 0) is 24.0 Å². The number of carbonyl (C=O) groups is 5. The summed E-state index contributed by atoms with van der Waals surface area (Å²) < 4.78 is 0. The van der Waals surface area contributed by atoms with E-state index in [0.29, 0.717) is 12.8 Å². The van der Waals surface area contributed by atoms with Crippen molar-refractivity contribution in [2.75, 3.05) is 13.2 Å². The van der Waals surface area contributed by atoms with Crippen molar-refractivity contribution in [1.82, 2.24) is 20.9 Å². The number of carbonyl (C=O) groups excluding carboxylic acids is 4. The summed E-state index contributed by atoms with van der Waals surface area (Å²) in [6, 6.07) is -5.71. The van der Waals surface area contributed by atoms with Crippen LogP contribution in [0, 0.1) is 5.92 Å². The topological polar surface area (TPSA) is 211 Å². The zero-order valence-corrected chi connectivity index (χ0v) is 19.3. The van der Waals surface area contributed by atoms with Crippen LogP contribution in [0.1, 0.15) is 40.5 Å². The molecule has 0 radical (unpaired) electrons. The Morgan fingerprint density at radius 1 is 1.03 bits per heavy atom. The van der Waals surface area contributed by atoms with Gasteiger partial charge in [0.05, 0.1) is 12.7 Å². The first-order valence-electron chi connectivity index (χ1n) is 10.8. The third-order valence-electron chi connectivity index (χ3n) is 5.43. The molecule has 0 aromatic carbocycles. The number of nitrogens with two attached hydrogens (primary N) is 1. The van der Waals surface area contributed by atoms with E-state index in [1.54, 1.807) is 13.8 Å². The number of nitrogens with zero attached hydrogens (tertiary/aromatic N) is 1. The van der Waals surface area contributed by atoms with Crippen molar-refractivity contribution in [3.05, 3.63) is 0 Å². The Kier molecular flexibility index (Phi) is 10.7. The molecule has 33 heavy (non-hydrogen) atoms. The fraction of sp³-hybridized carbons (Fsp3) is 0.750. The van der Waals surface area contributed by atoms with E-state index in [1.165, 1.54) is 18.7 Å². The smallest absolute Gasteiger partial charge is 0.328 e. The maximum Gasteiger partial charge on any atom is 0.328 e. The van der Waals surface area contributed by atoms with Crippen LogP contribution in [0.2, 0.25) is 0 Å². The summed E-state index contributed by atoms with van der Waals surface area (Å²) in [5.74, 6) is -4.37. The number of nitrogens with one attached hydrogen (secondary N) is 3. The highest BCUT2D eigenvalue weighted by molar-refractivity contribution is 5.95. The summed E-state index contributed by atoms with van der Waals surface area (Å²) in [6.07, 6.45) is -0.313. The van der Waals surface area contributed by atoms with Crippen LogP contribution in [0.5, 0.6) is 0 Å². The lowest BCUT2D eigenvalue weighted by Gasteiger charge is -2.29. The van der Waals surface area contributed by atoms with Crippen LogP contribution >= 0.6 is 0 Å². The van der Waals surface area contributed by atoms with E-state index in [4.69, 9.17) is 15.9 Å². The summed E-state index contributed by atoms with van der Waals surface area (Å²) >= 11 is 0. The van der Waals surface area contributed by atoms with Crippen molar-refractivity contribution < 1.29 is 39.3 Å². The average molecular weight is 474 g/mol. The minimum Gasteiger partial charge on any atom is -0.480 e. The van der Waals surface area contributed by atoms with Crippen molar-refractivity contribution >= 4 is 29.6 Å². The van der Waals surface area contributed by atoms with E-state index in [0.717, 1.165) is 0 Å². The third-order valence-corrected chi connectivity index (χ3v) is 5.43. The second-order valence-electron chi connectivity index (χ2n) is 8.50. The van der Waals surface area contributed by atoms with E-state index in [1.807, 2.05) is 0 Å². The SMILES string of the molecule is CC(C)[C@H](NC(=O)[C@@H](N)[C@@H](C)O)C(=O)N[C@@H](C)C(=O)N1CCC[C@H]1C(=O)N[C@@H](CO)C(=O)O. The van der Waals surface area contributed by atoms with Crippen LogP contribution < -0.4 is 21.7 Å². The highest BCUT2D eigenvalue weighted by Crippen LogP contribution is 2.19. The molecule has 0 aromatic heterocycles. The van der Waals surface area contributed by atoms with Crippen LogP contribution in [0.4, 0.5) is 0 Å². The Bertz CT molecular complexity index is 744. The molecule has 6 atom stereocenters. The van der Waals surface area contributed by atoms with E-state index in [-0.39, 0.29) is 12.5 Å². The van der Waals surface area contributed by atoms with Gasteiger partial charge in [-0.15, -0.1) is 0 Å². The molecule has 1 aliphatic heterocycles. The second-order valence-corrected chi connectivity index (χ2v) is 8.50. The van der Waals surface area contributed by atoms with Crippen molar-refractivity contribution in [2.45, 2.75) is 76.8 Å². The van der Waals surface area contributed by atoms with E-state index in [2.05, 4.69) is 16.0 Å². The number of aliphatic hydroxyl groups excluding tert-OH is 2. The van der Waals surface area contributed by atoms with E-state index >= 15 is 0 Å². The summed E-state index contributed by atoms with van der Waals surface area (Å²) in [7, 11) is 0. The molecule has 0 aromatic rings. The molecule has 0 spiro atoms. The average Bonchev–Trinajstić information content (AvgIpc) is 3.23. The predicted octanol–water partition coefficient (Wildman–Crippen LogP) is -3.11. The van der Waals surface area contributed by atoms with Gasteiger partial charge in [-0.3, -0.25) is 19.2 Å². The third kappa shape index (κ3) is 7.65. The van der Waals surface area contributed by atoms with Gasteiger partial charge in [0.25, 0.3) is 0 Å². The van der Waals surface area contributed by atoms with Gasteiger partial charge >= 0.3 is 5.97 Å². The number of rotatable bonds is 11. The molecule has 1 rings (SSSR count). The number of amides is 4. The maximum atomic E-state index is 12.9. The van der Waals surface area contributed by atoms with Crippen molar-refractivity contribution in [3.63, 3.8) is 0 Å². The molecule has 1 saturated heterocycles. The molecule has 0 aliphatic carbocycles. The normalized spacial score (nSPS) is 20.4. The molecule has 0 bridgehead atoms. The van der Waals surface area contributed by atoms with Gasteiger partial charge in [-0.25, -0.2) is 4.79 Å². The largest absolute Gasteiger partial charge is 0.480 e. The van der Waals surface area contributed by atoms with Crippen LogP contribution in [0.25, 0.3) is 0 Å². The van der Waals surface area contributed by atoms with Crippen LogP contribution in [0.15, 0.2) is 0 Å². The number of likely N-dealkylation sites (tertiary alicyclic amines) is 1. The molecule has 13 nitrogen and oxygen atoms in total. The highest BCUT2D eigenvalue weighted by Gasteiger charge is 2.38.